The fraction of sp³-hybridized carbons (Fsp3) is 0.632. The molecule has 0 aliphatic carbocycles. The summed E-state index contributed by atoms with van der Waals surface area (Å²) in [7, 11) is 0. The highest BCUT2D eigenvalue weighted by Crippen LogP contribution is 2.54. The lowest BCUT2D eigenvalue weighted by molar-refractivity contribution is -0.118. The minimum atomic E-state index is -0.799. The van der Waals surface area contributed by atoms with Crippen LogP contribution in [0, 0.1) is 23.5 Å². The topological polar surface area (TPSA) is 41.6 Å². The molecule has 1 aromatic carbocycles. The maximum atomic E-state index is 14.0. The van der Waals surface area contributed by atoms with Crippen LogP contribution in [0.1, 0.15) is 18.4 Å². The standard InChI is InChI=1S/C19H24F2N2O2S/c1-26-10-17(24)22-7-13-14-9-23(11-19(14)6-5-16(13)25-19)8-12-3-2-4-15(20)18(12)21/h2-4,13-14,16H,5-11H2,1H3,(H,22,24)/t13-,14+,16+,19+/m0/s1. The molecule has 3 saturated heterocycles. The second kappa shape index (κ2) is 7.09. The molecule has 4 nitrogen and oxygen atoms in total. The molecule has 1 amide bonds. The van der Waals surface area contributed by atoms with E-state index in [9.17, 15) is 13.6 Å². The van der Waals surface area contributed by atoms with Gasteiger partial charge in [-0.05, 0) is 25.2 Å². The number of halogens is 2. The summed E-state index contributed by atoms with van der Waals surface area (Å²) < 4.78 is 33.8. The molecular weight excluding hydrogens is 358 g/mol. The number of hydrogen-bond donors (Lipinski definition) is 1. The Morgan fingerprint density at radius 3 is 3.12 bits per heavy atom. The zero-order valence-corrected chi connectivity index (χ0v) is 15.7. The molecule has 3 fully saturated rings. The first-order chi connectivity index (χ1) is 12.5. The summed E-state index contributed by atoms with van der Waals surface area (Å²) in [6.45, 7) is 2.58. The van der Waals surface area contributed by atoms with E-state index in [0.717, 1.165) is 32.0 Å². The summed E-state index contributed by atoms with van der Waals surface area (Å²) in [6.07, 6.45) is 4.15. The predicted octanol–water partition coefficient (Wildman–Crippen LogP) is 2.42. The van der Waals surface area contributed by atoms with E-state index in [1.54, 1.807) is 12.1 Å². The van der Waals surface area contributed by atoms with E-state index < -0.39 is 11.6 Å². The molecule has 1 spiro atoms. The molecule has 0 radical (unpaired) electrons. The molecule has 7 heteroatoms. The highest BCUT2D eigenvalue weighted by molar-refractivity contribution is 7.99. The minimum Gasteiger partial charge on any atom is -0.370 e. The number of carbonyl (C=O) groups excluding carboxylic acids is 1. The number of hydrogen-bond acceptors (Lipinski definition) is 4. The van der Waals surface area contributed by atoms with Crippen molar-refractivity contribution in [3.63, 3.8) is 0 Å². The molecule has 26 heavy (non-hydrogen) atoms. The molecule has 3 heterocycles. The molecule has 0 saturated carbocycles. The quantitative estimate of drug-likeness (QED) is 0.821. The summed E-state index contributed by atoms with van der Waals surface area (Å²) in [5, 5.41) is 3.03. The van der Waals surface area contributed by atoms with E-state index in [1.807, 2.05) is 6.26 Å². The number of nitrogens with one attached hydrogen (secondary N) is 1. The first-order valence-electron chi connectivity index (χ1n) is 9.11. The minimum absolute atomic E-state index is 0.0611. The monoisotopic (exact) mass is 382 g/mol. The first kappa shape index (κ1) is 18.2. The summed E-state index contributed by atoms with van der Waals surface area (Å²) in [4.78, 5) is 14.0. The number of amides is 1. The highest BCUT2D eigenvalue weighted by atomic mass is 32.2. The van der Waals surface area contributed by atoms with Crippen molar-refractivity contribution < 1.29 is 18.3 Å². The number of likely N-dealkylation sites (tertiary alicyclic amines) is 1. The zero-order chi connectivity index (χ0) is 18.3. The molecule has 3 aliphatic heterocycles. The lowest BCUT2D eigenvalue weighted by Gasteiger charge is -2.29. The van der Waals surface area contributed by atoms with Gasteiger partial charge in [0.15, 0.2) is 11.6 Å². The summed E-state index contributed by atoms with van der Waals surface area (Å²) in [6, 6.07) is 4.34. The van der Waals surface area contributed by atoms with Gasteiger partial charge in [-0.25, -0.2) is 8.78 Å². The highest BCUT2D eigenvalue weighted by Gasteiger charge is 2.62. The van der Waals surface area contributed by atoms with Crippen LogP contribution in [0.25, 0.3) is 0 Å². The van der Waals surface area contributed by atoms with Crippen LogP contribution in [0.15, 0.2) is 18.2 Å². The van der Waals surface area contributed by atoms with Gasteiger partial charge in [-0.15, -0.1) is 0 Å². The Kier molecular flexibility index (Phi) is 4.96. The van der Waals surface area contributed by atoms with Crippen molar-refractivity contribution in [3.05, 3.63) is 35.4 Å². The summed E-state index contributed by atoms with van der Waals surface area (Å²) in [5.74, 6) is -0.380. The zero-order valence-electron chi connectivity index (χ0n) is 14.8. The van der Waals surface area contributed by atoms with E-state index in [2.05, 4.69) is 10.2 Å². The van der Waals surface area contributed by atoms with Gasteiger partial charge >= 0.3 is 0 Å². The number of carbonyl (C=O) groups is 1. The SMILES string of the molecule is CSCC(=O)NC[C@H]1[C@H]2CN(Cc3cccc(F)c3F)C[C@]23CC[C@H]1O3. The molecule has 0 unspecified atom stereocenters. The Morgan fingerprint density at radius 2 is 2.31 bits per heavy atom. The maximum absolute atomic E-state index is 14.0. The Bertz CT molecular complexity index is 704. The van der Waals surface area contributed by atoms with Crippen LogP contribution in [0.5, 0.6) is 0 Å². The van der Waals surface area contributed by atoms with Crippen molar-refractivity contribution in [3.8, 4) is 0 Å². The van der Waals surface area contributed by atoms with Crippen LogP contribution in [0.4, 0.5) is 8.78 Å². The molecule has 2 bridgehead atoms. The molecule has 142 valence electrons. The van der Waals surface area contributed by atoms with Crippen LogP contribution in [0.2, 0.25) is 0 Å². The molecule has 1 N–H and O–H groups in total. The van der Waals surface area contributed by atoms with Gasteiger partial charge in [-0.1, -0.05) is 12.1 Å². The predicted molar refractivity (Wildman–Crippen MR) is 96.8 cm³/mol. The van der Waals surface area contributed by atoms with Crippen LogP contribution >= 0.6 is 11.8 Å². The molecule has 1 aromatic rings. The molecule has 0 aromatic heterocycles. The molecule has 3 aliphatic rings. The Hall–Kier alpha value is -1.18. The van der Waals surface area contributed by atoms with Crippen LogP contribution in [-0.4, -0.2) is 54.2 Å². The molecule has 4 rings (SSSR count). The van der Waals surface area contributed by atoms with Crippen molar-refractivity contribution in [2.75, 3.05) is 31.6 Å². The van der Waals surface area contributed by atoms with Crippen molar-refractivity contribution in [2.24, 2.45) is 11.8 Å². The average Bonchev–Trinajstić information content (AvgIpc) is 3.25. The van der Waals surface area contributed by atoms with Crippen molar-refractivity contribution >= 4 is 17.7 Å². The van der Waals surface area contributed by atoms with Gasteiger partial charge in [-0.3, -0.25) is 9.69 Å². The second-order valence-corrected chi connectivity index (χ2v) is 8.52. The fourth-order valence-corrected chi connectivity index (χ4v) is 5.37. The van der Waals surface area contributed by atoms with Gasteiger partial charge in [0.25, 0.3) is 0 Å². The maximum Gasteiger partial charge on any atom is 0.229 e. The fourth-order valence-electron chi connectivity index (χ4n) is 5.01. The number of thioether (sulfide) groups is 1. The van der Waals surface area contributed by atoms with Gasteiger partial charge in [0.05, 0.1) is 17.5 Å². The van der Waals surface area contributed by atoms with Crippen molar-refractivity contribution in [1.29, 1.82) is 0 Å². The van der Waals surface area contributed by atoms with E-state index in [4.69, 9.17) is 4.74 Å². The van der Waals surface area contributed by atoms with Gasteiger partial charge in [0.1, 0.15) is 0 Å². The average molecular weight is 382 g/mol. The number of rotatable bonds is 6. The smallest absolute Gasteiger partial charge is 0.229 e. The van der Waals surface area contributed by atoms with Crippen molar-refractivity contribution in [1.82, 2.24) is 10.2 Å². The van der Waals surface area contributed by atoms with E-state index in [-0.39, 0.29) is 17.6 Å². The number of benzene rings is 1. The summed E-state index contributed by atoms with van der Waals surface area (Å²) in [5.41, 5.74) is 0.212. The van der Waals surface area contributed by atoms with Gasteiger partial charge < -0.3 is 10.1 Å². The number of nitrogens with zero attached hydrogens (tertiary/aromatic N) is 1. The largest absolute Gasteiger partial charge is 0.370 e. The Labute approximate surface area is 156 Å². The third-order valence-electron chi connectivity index (χ3n) is 6.09. The second-order valence-electron chi connectivity index (χ2n) is 7.65. The third kappa shape index (κ3) is 3.14. The number of fused-ring (bicyclic) bond motifs is 1. The van der Waals surface area contributed by atoms with E-state index in [0.29, 0.717) is 36.2 Å². The lowest BCUT2D eigenvalue weighted by atomic mass is 9.73. The van der Waals surface area contributed by atoms with E-state index in [1.165, 1.54) is 11.8 Å². The molecule has 4 atom stereocenters. The van der Waals surface area contributed by atoms with Gasteiger partial charge in [0, 0.05) is 43.6 Å². The van der Waals surface area contributed by atoms with Gasteiger partial charge in [-0.2, -0.15) is 11.8 Å². The summed E-state index contributed by atoms with van der Waals surface area (Å²) >= 11 is 1.51. The number of ether oxygens (including phenoxy) is 1. The van der Waals surface area contributed by atoms with Crippen molar-refractivity contribution in [2.45, 2.75) is 31.1 Å². The first-order valence-corrected chi connectivity index (χ1v) is 10.5. The lowest BCUT2D eigenvalue weighted by Crippen LogP contribution is -2.42. The van der Waals surface area contributed by atoms with Crippen LogP contribution < -0.4 is 5.32 Å². The van der Waals surface area contributed by atoms with E-state index >= 15 is 0 Å². The third-order valence-corrected chi connectivity index (χ3v) is 6.64. The van der Waals surface area contributed by atoms with Gasteiger partial charge in [0.2, 0.25) is 5.91 Å². The normalized spacial score (nSPS) is 32.8. The Balaban J connectivity index is 1.43. The van der Waals surface area contributed by atoms with Crippen LogP contribution in [-0.2, 0) is 16.1 Å². The van der Waals surface area contributed by atoms with Crippen LogP contribution in [0.3, 0.4) is 0 Å². The Morgan fingerprint density at radius 1 is 1.46 bits per heavy atom. The molecular formula is C19H24F2N2O2S.